The van der Waals surface area contributed by atoms with Crippen molar-refractivity contribution in [2.75, 3.05) is 38.7 Å². The largest absolute Gasteiger partial charge is 0.497 e. The van der Waals surface area contributed by atoms with Gasteiger partial charge in [-0.2, -0.15) is 0 Å². The van der Waals surface area contributed by atoms with E-state index >= 15 is 0 Å². The lowest BCUT2D eigenvalue weighted by molar-refractivity contribution is -0.133. The first-order chi connectivity index (χ1) is 13.6. The second-order valence-corrected chi connectivity index (χ2v) is 6.34. The molecule has 1 aliphatic heterocycles. The Bertz CT molecular complexity index is 835. The zero-order valence-electron chi connectivity index (χ0n) is 16.1. The van der Waals surface area contributed by atoms with Crippen LogP contribution in [-0.4, -0.2) is 50.1 Å². The monoisotopic (exact) mass is 384 g/mol. The number of anilines is 1. The molecular weight excluding hydrogens is 360 g/mol. The zero-order valence-corrected chi connectivity index (χ0v) is 16.1. The summed E-state index contributed by atoms with van der Waals surface area (Å²) in [4.78, 5) is 26.5. The van der Waals surface area contributed by atoms with Crippen molar-refractivity contribution in [1.82, 2.24) is 4.90 Å². The maximum absolute atomic E-state index is 12.6. The van der Waals surface area contributed by atoms with Crippen LogP contribution in [0.2, 0.25) is 0 Å². The number of nitrogens with one attached hydrogen (secondary N) is 1. The van der Waals surface area contributed by atoms with E-state index in [-0.39, 0.29) is 24.8 Å². The molecule has 0 unspecified atom stereocenters. The van der Waals surface area contributed by atoms with E-state index in [1.165, 1.54) is 4.90 Å². The molecular formula is C21H24N2O5. The minimum absolute atomic E-state index is 0.0140. The molecule has 28 heavy (non-hydrogen) atoms. The van der Waals surface area contributed by atoms with E-state index in [0.29, 0.717) is 36.9 Å². The summed E-state index contributed by atoms with van der Waals surface area (Å²) in [5, 5.41) is 2.81. The molecule has 0 radical (unpaired) electrons. The van der Waals surface area contributed by atoms with Crippen LogP contribution < -0.4 is 19.5 Å². The van der Waals surface area contributed by atoms with Gasteiger partial charge in [0.2, 0.25) is 11.8 Å². The molecule has 0 aromatic heterocycles. The van der Waals surface area contributed by atoms with Gasteiger partial charge in [-0.05, 0) is 36.8 Å². The Kier molecular flexibility index (Phi) is 6.37. The maximum atomic E-state index is 12.6. The quantitative estimate of drug-likeness (QED) is 0.794. The smallest absolute Gasteiger partial charge is 0.243 e. The average Bonchev–Trinajstić information content (AvgIpc) is 2.72. The van der Waals surface area contributed by atoms with Crippen LogP contribution in [0, 0.1) is 0 Å². The molecule has 0 saturated carbocycles. The van der Waals surface area contributed by atoms with Gasteiger partial charge in [0.05, 0.1) is 20.1 Å². The zero-order chi connectivity index (χ0) is 19.9. The van der Waals surface area contributed by atoms with Crippen LogP contribution in [0.3, 0.4) is 0 Å². The standard InChI is InChI=1S/C21H24N2O5/c1-3-23(21(25)12-15-4-7-17(26-2)8-5-15)14-20(24)22-16-6-9-18-19(13-16)28-11-10-27-18/h4-9,13H,3,10-12,14H2,1-2H3,(H,22,24). The third-order valence-corrected chi connectivity index (χ3v) is 4.41. The number of hydrogen-bond donors (Lipinski definition) is 1. The number of methoxy groups -OCH3 is 1. The number of likely N-dealkylation sites (N-methyl/N-ethyl adjacent to an activating group) is 1. The SMILES string of the molecule is CCN(CC(=O)Nc1ccc2c(c1)OCCO2)C(=O)Cc1ccc(OC)cc1. The first-order valence-electron chi connectivity index (χ1n) is 9.19. The lowest BCUT2D eigenvalue weighted by atomic mass is 10.1. The molecule has 0 bridgehead atoms. The predicted octanol–water partition coefficient (Wildman–Crippen LogP) is 2.50. The summed E-state index contributed by atoms with van der Waals surface area (Å²) >= 11 is 0. The van der Waals surface area contributed by atoms with E-state index in [1.54, 1.807) is 25.3 Å². The second-order valence-electron chi connectivity index (χ2n) is 6.34. The molecule has 0 fully saturated rings. The molecule has 2 aromatic rings. The third-order valence-electron chi connectivity index (χ3n) is 4.41. The maximum Gasteiger partial charge on any atom is 0.243 e. The van der Waals surface area contributed by atoms with Crippen LogP contribution in [0.4, 0.5) is 5.69 Å². The highest BCUT2D eigenvalue weighted by Gasteiger charge is 2.17. The van der Waals surface area contributed by atoms with Crippen molar-refractivity contribution in [2.24, 2.45) is 0 Å². The fourth-order valence-electron chi connectivity index (χ4n) is 2.90. The Morgan fingerprint density at radius 1 is 1.07 bits per heavy atom. The van der Waals surface area contributed by atoms with Gasteiger partial charge in [-0.25, -0.2) is 0 Å². The van der Waals surface area contributed by atoms with Gasteiger partial charge in [-0.15, -0.1) is 0 Å². The second kappa shape index (κ2) is 9.12. The molecule has 148 valence electrons. The minimum Gasteiger partial charge on any atom is -0.497 e. The molecule has 0 spiro atoms. The van der Waals surface area contributed by atoms with E-state index in [1.807, 2.05) is 31.2 Å². The van der Waals surface area contributed by atoms with Gasteiger partial charge in [-0.3, -0.25) is 9.59 Å². The van der Waals surface area contributed by atoms with Gasteiger partial charge in [0, 0.05) is 18.3 Å². The molecule has 0 atom stereocenters. The summed E-state index contributed by atoms with van der Waals surface area (Å²) < 4.78 is 16.1. The molecule has 0 saturated heterocycles. The summed E-state index contributed by atoms with van der Waals surface area (Å²) in [6, 6.07) is 12.6. The Hall–Kier alpha value is -3.22. The number of benzene rings is 2. The van der Waals surface area contributed by atoms with Crippen LogP contribution >= 0.6 is 0 Å². The van der Waals surface area contributed by atoms with Crippen molar-refractivity contribution in [3.05, 3.63) is 48.0 Å². The van der Waals surface area contributed by atoms with Crippen LogP contribution in [0.15, 0.2) is 42.5 Å². The Morgan fingerprint density at radius 3 is 2.46 bits per heavy atom. The highest BCUT2D eigenvalue weighted by Crippen LogP contribution is 2.32. The van der Waals surface area contributed by atoms with E-state index in [4.69, 9.17) is 14.2 Å². The molecule has 7 nitrogen and oxygen atoms in total. The van der Waals surface area contributed by atoms with E-state index < -0.39 is 0 Å². The van der Waals surface area contributed by atoms with Gasteiger partial charge in [0.25, 0.3) is 0 Å². The summed E-state index contributed by atoms with van der Waals surface area (Å²) in [5.74, 6) is 1.63. The number of fused-ring (bicyclic) bond motifs is 1. The van der Waals surface area contributed by atoms with E-state index in [9.17, 15) is 9.59 Å². The molecule has 3 rings (SSSR count). The summed E-state index contributed by atoms with van der Waals surface area (Å²) in [6.07, 6.45) is 0.231. The molecule has 7 heteroatoms. The van der Waals surface area contributed by atoms with Gasteiger partial charge in [0.1, 0.15) is 19.0 Å². The summed E-state index contributed by atoms with van der Waals surface area (Å²) in [6.45, 7) is 3.28. The number of hydrogen-bond acceptors (Lipinski definition) is 5. The fraction of sp³-hybridized carbons (Fsp3) is 0.333. The van der Waals surface area contributed by atoms with Crippen molar-refractivity contribution in [1.29, 1.82) is 0 Å². The van der Waals surface area contributed by atoms with Crippen molar-refractivity contribution in [3.63, 3.8) is 0 Å². The molecule has 1 heterocycles. The number of ether oxygens (including phenoxy) is 3. The van der Waals surface area contributed by atoms with Crippen LogP contribution in [0.5, 0.6) is 17.2 Å². The van der Waals surface area contributed by atoms with Crippen molar-refractivity contribution in [3.8, 4) is 17.2 Å². The normalized spacial score (nSPS) is 12.2. The molecule has 0 aliphatic carbocycles. The third kappa shape index (κ3) is 4.94. The van der Waals surface area contributed by atoms with Crippen molar-refractivity contribution in [2.45, 2.75) is 13.3 Å². The number of amides is 2. The number of rotatable bonds is 7. The fourth-order valence-corrected chi connectivity index (χ4v) is 2.90. The Labute approximate surface area is 164 Å². The summed E-state index contributed by atoms with van der Waals surface area (Å²) in [7, 11) is 1.60. The molecule has 1 aliphatic rings. The highest BCUT2D eigenvalue weighted by atomic mass is 16.6. The molecule has 1 N–H and O–H groups in total. The lowest BCUT2D eigenvalue weighted by Gasteiger charge is -2.21. The lowest BCUT2D eigenvalue weighted by Crippen LogP contribution is -2.38. The van der Waals surface area contributed by atoms with Crippen molar-refractivity contribution < 1.29 is 23.8 Å². The molecule has 2 aromatic carbocycles. The first kappa shape index (κ1) is 19.5. The minimum atomic E-state index is -0.262. The Balaban J connectivity index is 1.57. The first-order valence-corrected chi connectivity index (χ1v) is 9.19. The number of nitrogens with zero attached hydrogens (tertiary/aromatic N) is 1. The summed E-state index contributed by atoms with van der Waals surface area (Å²) in [5.41, 5.74) is 1.48. The van der Waals surface area contributed by atoms with Crippen molar-refractivity contribution >= 4 is 17.5 Å². The molecule has 2 amide bonds. The van der Waals surface area contributed by atoms with Crippen LogP contribution in [0.25, 0.3) is 0 Å². The van der Waals surface area contributed by atoms with E-state index in [2.05, 4.69) is 5.32 Å². The highest BCUT2D eigenvalue weighted by molar-refractivity contribution is 5.95. The van der Waals surface area contributed by atoms with Gasteiger partial charge < -0.3 is 24.4 Å². The van der Waals surface area contributed by atoms with Gasteiger partial charge in [0.15, 0.2) is 11.5 Å². The number of carbonyl (C=O) groups excluding carboxylic acids is 2. The number of carbonyl (C=O) groups is 2. The van der Waals surface area contributed by atoms with Gasteiger partial charge >= 0.3 is 0 Å². The van der Waals surface area contributed by atoms with Crippen LogP contribution in [-0.2, 0) is 16.0 Å². The van der Waals surface area contributed by atoms with Gasteiger partial charge in [-0.1, -0.05) is 12.1 Å². The topological polar surface area (TPSA) is 77.1 Å². The Morgan fingerprint density at radius 2 is 1.79 bits per heavy atom. The predicted molar refractivity (Wildman–Crippen MR) is 105 cm³/mol. The van der Waals surface area contributed by atoms with Crippen LogP contribution in [0.1, 0.15) is 12.5 Å². The van der Waals surface area contributed by atoms with E-state index in [0.717, 1.165) is 11.3 Å². The average molecular weight is 384 g/mol.